The van der Waals surface area contributed by atoms with Crippen LogP contribution < -0.4 is 5.56 Å². The molecule has 0 aliphatic rings. The van der Waals surface area contributed by atoms with Crippen molar-refractivity contribution in [3.8, 4) is 0 Å². The molecular formula is C15H17BrN2O2. The number of nitrogens with zero attached hydrogens (tertiary/aromatic N) is 2. The Morgan fingerprint density at radius 3 is 2.45 bits per heavy atom. The minimum Gasteiger partial charge on any atom is -0.351 e. The molecule has 2 aromatic rings. The predicted molar refractivity (Wildman–Crippen MR) is 82.4 cm³/mol. The average Bonchev–Trinajstić information content (AvgIpc) is 2.63. The summed E-state index contributed by atoms with van der Waals surface area (Å²) in [5, 5.41) is 0. The quantitative estimate of drug-likeness (QED) is 0.809. The van der Waals surface area contributed by atoms with Gasteiger partial charge in [0.15, 0.2) is 5.78 Å². The third-order valence-electron chi connectivity index (χ3n) is 3.62. The van der Waals surface area contributed by atoms with E-state index in [2.05, 4.69) is 15.9 Å². The van der Waals surface area contributed by atoms with Crippen LogP contribution in [0, 0.1) is 20.8 Å². The van der Waals surface area contributed by atoms with Gasteiger partial charge in [0, 0.05) is 40.2 Å². The highest BCUT2D eigenvalue weighted by Crippen LogP contribution is 2.15. The Balaban J connectivity index is 2.38. The number of carbonyl (C=O) groups excluding carboxylic acids is 1. The summed E-state index contributed by atoms with van der Waals surface area (Å²) in [7, 11) is 1.93. The first-order valence-corrected chi connectivity index (χ1v) is 7.13. The first-order chi connectivity index (χ1) is 9.31. The summed E-state index contributed by atoms with van der Waals surface area (Å²) in [4.78, 5) is 24.4. The van der Waals surface area contributed by atoms with Gasteiger partial charge in [-0.25, -0.2) is 0 Å². The van der Waals surface area contributed by atoms with Gasteiger partial charge >= 0.3 is 0 Å². The van der Waals surface area contributed by atoms with Crippen molar-refractivity contribution in [2.45, 2.75) is 27.3 Å². The van der Waals surface area contributed by atoms with Gasteiger partial charge in [-0.2, -0.15) is 0 Å². The molecule has 2 rings (SSSR count). The first-order valence-electron chi connectivity index (χ1n) is 6.34. The molecule has 4 nitrogen and oxygen atoms in total. The molecule has 5 heteroatoms. The smallest absolute Gasteiger partial charge is 0.253 e. The Morgan fingerprint density at radius 1 is 1.25 bits per heavy atom. The zero-order valence-electron chi connectivity index (χ0n) is 12.0. The summed E-state index contributed by atoms with van der Waals surface area (Å²) in [5.74, 6) is -0.0502. The molecule has 0 unspecified atom stereocenters. The van der Waals surface area contributed by atoms with E-state index in [4.69, 9.17) is 0 Å². The van der Waals surface area contributed by atoms with Crippen LogP contribution in [-0.2, 0) is 13.6 Å². The van der Waals surface area contributed by atoms with E-state index >= 15 is 0 Å². The van der Waals surface area contributed by atoms with E-state index < -0.39 is 0 Å². The lowest BCUT2D eigenvalue weighted by Crippen LogP contribution is -2.25. The lowest BCUT2D eigenvalue weighted by atomic mass is 10.1. The number of aryl methyl sites for hydroxylation is 2. The Labute approximate surface area is 126 Å². The molecule has 2 heterocycles. The molecule has 0 bridgehead atoms. The van der Waals surface area contributed by atoms with Crippen molar-refractivity contribution >= 4 is 21.7 Å². The Kier molecular flexibility index (Phi) is 3.99. The summed E-state index contributed by atoms with van der Waals surface area (Å²) in [6.07, 6.45) is 1.65. The van der Waals surface area contributed by atoms with Gasteiger partial charge in [0.25, 0.3) is 5.56 Å². The normalized spacial score (nSPS) is 10.8. The molecule has 0 saturated carbocycles. The van der Waals surface area contributed by atoms with Gasteiger partial charge in [0.1, 0.15) is 0 Å². The van der Waals surface area contributed by atoms with E-state index in [0.29, 0.717) is 11.1 Å². The Bertz CT molecular complexity index is 741. The van der Waals surface area contributed by atoms with Crippen molar-refractivity contribution in [3.05, 3.63) is 55.7 Å². The van der Waals surface area contributed by atoms with Crippen LogP contribution in [0.15, 0.2) is 27.6 Å². The third-order valence-corrected chi connectivity index (χ3v) is 4.05. The highest BCUT2D eigenvalue weighted by molar-refractivity contribution is 9.10. The van der Waals surface area contributed by atoms with Gasteiger partial charge in [-0.1, -0.05) is 0 Å². The maximum atomic E-state index is 12.4. The summed E-state index contributed by atoms with van der Waals surface area (Å²) < 4.78 is 4.22. The Morgan fingerprint density at radius 2 is 1.90 bits per heavy atom. The molecule has 0 aliphatic heterocycles. The van der Waals surface area contributed by atoms with E-state index in [1.54, 1.807) is 19.2 Å². The van der Waals surface area contributed by atoms with Crippen LogP contribution in [0.1, 0.15) is 27.3 Å². The van der Waals surface area contributed by atoms with Crippen molar-refractivity contribution < 1.29 is 4.79 Å². The fourth-order valence-corrected chi connectivity index (χ4v) is 2.83. The van der Waals surface area contributed by atoms with Gasteiger partial charge < -0.3 is 9.13 Å². The molecule has 0 amide bonds. The fourth-order valence-electron chi connectivity index (χ4n) is 2.23. The molecule has 0 radical (unpaired) electrons. The van der Waals surface area contributed by atoms with E-state index in [1.165, 1.54) is 4.57 Å². The molecular weight excluding hydrogens is 320 g/mol. The second kappa shape index (κ2) is 5.40. The number of rotatable bonds is 3. The van der Waals surface area contributed by atoms with Crippen molar-refractivity contribution in [3.63, 3.8) is 0 Å². The lowest BCUT2D eigenvalue weighted by Gasteiger charge is -2.07. The van der Waals surface area contributed by atoms with E-state index in [1.807, 2.05) is 31.5 Å². The van der Waals surface area contributed by atoms with Crippen LogP contribution in [0.25, 0.3) is 0 Å². The zero-order chi connectivity index (χ0) is 15.0. The molecule has 0 aliphatic carbocycles. The van der Waals surface area contributed by atoms with Crippen molar-refractivity contribution in [1.82, 2.24) is 9.13 Å². The molecule has 0 saturated heterocycles. The van der Waals surface area contributed by atoms with E-state index in [9.17, 15) is 9.59 Å². The highest BCUT2D eigenvalue weighted by atomic mass is 79.9. The van der Waals surface area contributed by atoms with Crippen molar-refractivity contribution in [2.24, 2.45) is 7.05 Å². The van der Waals surface area contributed by atoms with Gasteiger partial charge in [-0.15, -0.1) is 0 Å². The minimum atomic E-state index is -0.133. The van der Waals surface area contributed by atoms with Crippen LogP contribution >= 0.6 is 15.9 Å². The number of halogens is 1. The lowest BCUT2D eigenvalue weighted by molar-refractivity contribution is 0.0970. The Hall–Kier alpha value is -1.62. The summed E-state index contributed by atoms with van der Waals surface area (Å²) in [6, 6.07) is 3.62. The number of pyridine rings is 1. The van der Waals surface area contributed by atoms with Crippen LogP contribution in [0.3, 0.4) is 0 Å². The van der Waals surface area contributed by atoms with Crippen LogP contribution in [-0.4, -0.2) is 14.9 Å². The largest absolute Gasteiger partial charge is 0.351 e. The monoisotopic (exact) mass is 336 g/mol. The topological polar surface area (TPSA) is 44.0 Å². The van der Waals surface area contributed by atoms with Gasteiger partial charge in [0.05, 0.1) is 6.54 Å². The second-order valence-electron chi connectivity index (χ2n) is 5.04. The molecule has 0 atom stereocenters. The third kappa shape index (κ3) is 2.63. The maximum absolute atomic E-state index is 12.4. The summed E-state index contributed by atoms with van der Waals surface area (Å²) in [6.45, 7) is 5.67. The number of aromatic nitrogens is 2. The summed E-state index contributed by atoms with van der Waals surface area (Å²) >= 11 is 3.35. The maximum Gasteiger partial charge on any atom is 0.253 e. The van der Waals surface area contributed by atoms with Crippen molar-refractivity contribution in [1.29, 1.82) is 0 Å². The molecule has 0 aromatic carbocycles. The molecule has 20 heavy (non-hydrogen) atoms. The molecule has 0 N–H and O–H groups in total. The molecule has 0 fully saturated rings. The van der Waals surface area contributed by atoms with Gasteiger partial charge in [-0.05, 0) is 48.8 Å². The second-order valence-corrected chi connectivity index (χ2v) is 5.96. The fraction of sp³-hybridized carbons (Fsp3) is 0.333. The molecule has 106 valence electrons. The van der Waals surface area contributed by atoms with E-state index in [0.717, 1.165) is 15.9 Å². The number of ketones is 1. The van der Waals surface area contributed by atoms with Crippen LogP contribution in [0.2, 0.25) is 0 Å². The SMILES string of the molecule is Cc1cc(Br)cn(CC(=O)c2cc(C)n(C)c2C)c1=O. The number of carbonyl (C=O) groups is 1. The molecule has 2 aromatic heterocycles. The standard InChI is InChI=1S/C15H17BrN2O2/c1-9-5-12(16)7-18(15(9)20)8-14(19)13-6-10(2)17(4)11(13)3/h5-7H,8H2,1-4H3. The summed E-state index contributed by atoms with van der Waals surface area (Å²) in [5.41, 5.74) is 3.12. The predicted octanol–water partition coefficient (Wildman–Crippen LogP) is 2.76. The molecule has 0 spiro atoms. The van der Waals surface area contributed by atoms with Gasteiger partial charge in [0.2, 0.25) is 0 Å². The van der Waals surface area contributed by atoms with Gasteiger partial charge in [-0.3, -0.25) is 9.59 Å². The zero-order valence-corrected chi connectivity index (χ0v) is 13.6. The van der Waals surface area contributed by atoms with Crippen LogP contribution in [0.4, 0.5) is 0 Å². The number of Topliss-reactive ketones (excluding diaryl/α,β-unsaturated/α-hetero) is 1. The first kappa shape index (κ1) is 14.8. The van der Waals surface area contributed by atoms with Crippen LogP contribution in [0.5, 0.6) is 0 Å². The van der Waals surface area contributed by atoms with Crippen molar-refractivity contribution in [2.75, 3.05) is 0 Å². The highest BCUT2D eigenvalue weighted by Gasteiger charge is 2.15. The minimum absolute atomic E-state index is 0.0502. The average molecular weight is 337 g/mol. The number of hydrogen-bond acceptors (Lipinski definition) is 2. The van der Waals surface area contributed by atoms with E-state index in [-0.39, 0.29) is 17.9 Å². The number of hydrogen-bond donors (Lipinski definition) is 0.